The molecule has 4 heteroatoms. The van der Waals surface area contributed by atoms with Crippen LogP contribution in [0, 0.1) is 13.8 Å². The monoisotopic (exact) mass is 630 g/mol. The Morgan fingerprint density at radius 1 is 0.429 bits per heavy atom. The Morgan fingerprint density at radius 3 is 1.57 bits per heavy atom. The fraction of sp³-hybridized carbons (Fsp3) is 0.0444. The maximum absolute atomic E-state index is 5.08. The number of imidazole rings is 1. The van der Waals surface area contributed by atoms with Crippen molar-refractivity contribution in [3.8, 4) is 22.8 Å². The van der Waals surface area contributed by atoms with Crippen LogP contribution in [0.1, 0.15) is 11.1 Å². The lowest BCUT2D eigenvalue weighted by atomic mass is 10.1. The summed E-state index contributed by atoms with van der Waals surface area (Å²) < 4.78 is 4.63. The molecule has 7 aromatic carbocycles. The second-order valence-electron chi connectivity index (χ2n) is 12.7. The number of hydrogen-bond acceptors (Lipinski definition) is 2. The molecular formula is C45H34N4. The summed E-state index contributed by atoms with van der Waals surface area (Å²) in [6.07, 6.45) is 0. The topological polar surface area (TPSA) is 26.0 Å². The average molecular weight is 631 g/mol. The molecule has 0 N–H and O–H groups in total. The molecule has 0 spiro atoms. The van der Waals surface area contributed by atoms with Crippen LogP contribution in [0.4, 0.5) is 17.1 Å². The van der Waals surface area contributed by atoms with Crippen LogP contribution in [0.25, 0.3) is 55.6 Å². The molecule has 0 aliphatic heterocycles. The van der Waals surface area contributed by atoms with Crippen LogP contribution < -0.4 is 4.90 Å². The highest BCUT2D eigenvalue weighted by Crippen LogP contribution is 2.38. The number of para-hydroxylation sites is 4. The number of hydrogen-bond donors (Lipinski definition) is 0. The highest BCUT2D eigenvalue weighted by atomic mass is 15.1. The maximum atomic E-state index is 5.08. The molecule has 4 nitrogen and oxygen atoms in total. The third-order valence-corrected chi connectivity index (χ3v) is 9.42. The van der Waals surface area contributed by atoms with E-state index in [4.69, 9.17) is 4.98 Å². The molecule has 9 rings (SSSR count). The molecule has 0 aliphatic carbocycles. The zero-order chi connectivity index (χ0) is 32.9. The normalized spacial score (nSPS) is 11.5. The largest absolute Gasteiger partial charge is 0.311 e. The Morgan fingerprint density at radius 2 is 0.939 bits per heavy atom. The number of aromatic nitrogens is 3. The summed E-state index contributed by atoms with van der Waals surface area (Å²) in [5.74, 6) is 0.922. The molecule has 2 heterocycles. The minimum atomic E-state index is 0.922. The van der Waals surface area contributed by atoms with E-state index >= 15 is 0 Å². The van der Waals surface area contributed by atoms with E-state index in [1.54, 1.807) is 0 Å². The number of anilines is 3. The van der Waals surface area contributed by atoms with Crippen molar-refractivity contribution in [1.82, 2.24) is 14.1 Å². The molecule has 9 aromatic rings. The van der Waals surface area contributed by atoms with Gasteiger partial charge < -0.3 is 9.47 Å². The molecule has 0 radical (unpaired) electrons. The van der Waals surface area contributed by atoms with Crippen LogP contribution in [-0.4, -0.2) is 14.1 Å². The fourth-order valence-electron chi connectivity index (χ4n) is 7.12. The predicted octanol–water partition coefficient (Wildman–Crippen LogP) is 11.9. The van der Waals surface area contributed by atoms with Gasteiger partial charge in [-0.15, -0.1) is 0 Å². The first-order valence-electron chi connectivity index (χ1n) is 16.7. The molecule has 0 saturated heterocycles. The number of fused-ring (bicyclic) bond motifs is 4. The van der Waals surface area contributed by atoms with E-state index in [1.807, 2.05) is 12.1 Å². The Balaban J connectivity index is 1.13. The quantitative estimate of drug-likeness (QED) is 0.183. The van der Waals surface area contributed by atoms with Crippen molar-refractivity contribution >= 4 is 49.9 Å². The second-order valence-corrected chi connectivity index (χ2v) is 12.7. The van der Waals surface area contributed by atoms with Crippen LogP contribution in [0.2, 0.25) is 0 Å². The summed E-state index contributed by atoms with van der Waals surface area (Å²) in [6.45, 7) is 4.33. The first-order chi connectivity index (χ1) is 24.1. The van der Waals surface area contributed by atoms with Crippen LogP contribution in [0.5, 0.6) is 0 Å². The van der Waals surface area contributed by atoms with E-state index in [9.17, 15) is 0 Å². The third kappa shape index (κ3) is 4.97. The minimum absolute atomic E-state index is 0.922. The number of rotatable bonds is 6. The molecule has 0 unspecified atom stereocenters. The van der Waals surface area contributed by atoms with E-state index in [0.717, 1.165) is 50.9 Å². The van der Waals surface area contributed by atoms with Crippen LogP contribution in [0.15, 0.2) is 170 Å². The van der Waals surface area contributed by atoms with E-state index in [-0.39, 0.29) is 0 Å². The average Bonchev–Trinajstić information content (AvgIpc) is 3.69. The SMILES string of the molecule is Cc1ccc2c(c1)c1cc(C)ccc1n2-c1ccc(N(c2ccccc2)c2ccc(-c3nc4ccccc4n3-c3ccccc3)cc2)cc1. The van der Waals surface area contributed by atoms with Crippen LogP contribution in [0.3, 0.4) is 0 Å². The highest BCUT2D eigenvalue weighted by molar-refractivity contribution is 6.09. The molecule has 0 amide bonds. The third-order valence-electron chi connectivity index (χ3n) is 9.42. The summed E-state index contributed by atoms with van der Waals surface area (Å²) in [5.41, 5.74) is 13.6. The van der Waals surface area contributed by atoms with Crippen molar-refractivity contribution in [1.29, 1.82) is 0 Å². The molecule has 49 heavy (non-hydrogen) atoms. The van der Waals surface area contributed by atoms with Crippen molar-refractivity contribution in [3.05, 3.63) is 181 Å². The lowest BCUT2D eigenvalue weighted by Crippen LogP contribution is -2.10. The molecule has 0 saturated carbocycles. The Labute approximate surface area is 285 Å². The van der Waals surface area contributed by atoms with Gasteiger partial charge in [0.2, 0.25) is 0 Å². The molecule has 0 atom stereocenters. The molecule has 0 bridgehead atoms. The van der Waals surface area contributed by atoms with Gasteiger partial charge in [0.05, 0.1) is 22.1 Å². The van der Waals surface area contributed by atoms with E-state index in [0.29, 0.717) is 0 Å². The summed E-state index contributed by atoms with van der Waals surface area (Å²) in [4.78, 5) is 7.40. The van der Waals surface area contributed by atoms with Gasteiger partial charge in [-0.2, -0.15) is 0 Å². The van der Waals surface area contributed by atoms with E-state index in [2.05, 4.69) is 186 Å². The minimum Gasteiger partial charge on any atom is -0.311 e. The van der Waals surface area contributed by atoms with Gasteiger partial charge >= 0.3 is 0 Å². The highest BCUT2D eigenvalue weighted by Gasteiger charge is 2.18. The summed E-state index contributed by atoms with van der Waals surface area (Å²) in [7, 11) is 0. The lowest BCUT2D eigenvalue weighted by molar-refractivity contribution is 1.10. The zero-order valence-electron chi connectivity index (χ0n) is 27.5. The fourth-order valence-corrected chi connectivity index (χ4v) is 7.12. The standard InChI is InChI=1S/C45H34N4/c1-31-17-27-42-39(29-31)40-30-32(2)18-28-43(40)48(42)38-25-23-37(24-26-38)47(34-11-5-3-6-12-34)36-21-19-33(20-22-36)45-46-41-15-9-10-16-44(41)49(45)35-13-7-4-8-14-35/h3-30H,1-2H3. The van der Waals surface area contributed by atoms with Gasteiger partial charge in [-0.1, -0.05) is 71.8 Å². The molecule has 0 fully saturated rings. The summed E-state index contributed by atoms with van der Waals surface area (Å²) in [6, 6.07) is 60.6. The molecular weight excluding hydrogens is 597 g/mol. The number of aryl methyl sites for hydroxylation is 2. The van der Waals surface area contributed by atoms with Crippen molar-refractivity contribution in [3.63, 3.8) is 0 Å². The maximum Gasteiger partial charge on any atom is 0.145 e. The Bertz CT molecular complexity index is 2540. The molecule has 0 aliphatic rings. The number of nitrogens with zero attached hydrogens (tertiary/aromatic N) is 4. The number of benzene rings is 7. The van der Waals surface area contributed by atoms with Crippen LogP contribution >= 0.6 is 0 Å². The van der Waals surface area contributed by atoms with Gasteiger partial charge in [-0.25, -0.2) is 4.98 Å². The summed E-state index contributed by atoms with van der Waals surface area (Å²) in [5, 5.41) is 2.57. The molecule has 234 valence electrons. The van der Waals surface area contributed by atoms with Gasteiger partial charge in [0.1, 0.15) is 5.82 Å². The smallest absolute Gasteiger partial charge is 0.145 e. The van der Waals surface area contributed by atoms with Gasteiger partial charge in [-0.05, 0) is 123 Å². The van der Waals surface area contributed by atoms with Gasteiger partial charge in [0.15, 0.2) is 0 Å². The Hall–Kier alpha value is -6.39. The van der Waals surface area contributed by atoms with E-state index in [1.165, 1.54) is 32.9 Å². The van der Waals surface area contributed by atoms with Crippen molar-refractivity contribution in [2.45, 2.75) is 13.8 Å². The van der Waals surface area contributed by atoms with Crippen LogP contribution in [-0.2, 0) is 0 Å². The van der Waals surface area contributed by atoms with Crippen molar-refractivity contribution < 1.29 is 0 Å². The van der Waals surface area contributed by atoms with E-state index < -0.39 is 0 Å². The van der Waals surface area contributed by atoms with Gasteiger partial charge in [0.25, 0.3) is 0 Å². The summed E-state index contributed by atoms with van der Waals surface area (Å²) >= 11 is 0. The zero-order valence-corrected chi connectivity index (χ0v) is 27.5. The van der Waals surface area contributed by atoms with Gasteiger partial charge in [-0.3, -0.25) is 4.57 Å². The molecule has 2 aromatic heterocycles. The predicted molar refractivity (Wildman–Crippen MR) is 205 cm³/mol. The lowest BCUT2D eigenvalue weighted by Gasteiger charge is -2.26. The Kier molecular flexibility index (Phi) is 6.87. The van der Waals surface area contributed by atoms with Crippen molar-refractivity contribution in [2.75, 3.05) is 4.90 Å². The first-order valence-corrected chi connectivity index (χ1v) is 16.7. The van der Waals surface area contributed by atoms with Gasteiger partial charge in [0, 0.05) is 44.8 Å². The second kappa shape index (κ2) is 11.7. The first kappa shape index (κ1) is 28.8. The van der Waals surface area contributed by atoms with Crippen molar-refractivity contribution in [2.24, 2.45) is 0 Å².